The molecule has 118 valence electrons. The normalized spacial score (nSPS) is 13.1. The molecule has 0 aliphatic rings. The number of halogens is 2. The second-order valence-corrected chi connectivity index (χ2v) is 7.44. The van der Waals surface area contributed by atoms with Crippen LogP contribution in [-0.4, -0.2) is 23.0 Å². The van der Waals surface area contributed by atoms with Gasteiger partial charge < -0.3 is 10.1 Å². The highest BCUT2D eigenvalue weighted by Gasteiger charge is 2.15. The minimum atomic E-state index is -2.83. The third-order valence-corrected chi connectivity index (χ3v) is 3.89. The second kappa shape index (κ2) is 7.64. The third kappa shape index (κ3) is 7.32. The van der Waals surface area contributed by atoms with Crippen LogP contribution in [0.2, 0.25) is 0 Å². The summed E-state index contributed by atoms with van der Waals surface area (Å²) in [5.74, 6) is 0.450. The lowest BCUT2D eigenvalue weighted by Gasteiger charge is -2.19. The molecule has 3 nitrogen and oxygen atoms in total. The van der Waals surface area contributed by atoms with Crippen molar-refractivity contribution in [2.45, 2.75) is 45.1 Å². The van der Waals surface area contributed by atoms with Gasteiger partial charge in [-0.15, -0.1) is 11.8 Å². The molecule has 1 aromatic rings. The molecule has 0 saturated heterocycles. The molecule has 1 aromatic carbocycles. The Morgan fingerprint density at radius 2 is 1.86 bits per heavy atom. The molecule has 1 amide bonds. The van der Waals surface area contributed by atoms with Gasteiger partial charge in [0.2, 0.25) is 5.91 Å². The molecule has 0 aromatic heterocycles. The molecule has 0 aliphatic carbocycles. The van der Waals surface area contributed by atoms with Gasteiger partial charge in [0.15, 0.2) is 0 Å². The van der Waals surface area contributed by atoms with Crippen LogP contribution >= 0.6 is 11.8 Å². The molecule has 6 heteroatoms. The lowest BCUT2D eigenvalue weighted by Crippen LogP contribution is -2.29. The van der Waals surface area contributed by atoms with Crippen LogP contribution in [-0.2, 0) is 4.79 Å². The van der Waals surface area contributed by atoms with Crippen molar-refractivity contribution >= 4 is 17.7 Å². The summed E-state index contributed by atoms with van der Waals surface area (Å²) in [6.45, 7) is 5.17. The van der Waals surface area contributed by atoms with E-state index in [0.29, 0.717) is 5.75 Å². The van der Waals surface area contributed by atoms with Crippen LogP contribution in [0.15, 0.2) is 24.3 Å². The van der Waals surface area contributed by atoms with Crippen molar-refractivity contribution in [3.63, 3.8) is 0 Å². The first-order chi connectivity index (χ1) is 9.67. The highest BCUT2D eigenvalue weighted by atomic mass is 32.2. The largest absolute Gasteiger partial charge is 0.435 e. The minimum absolute atomic E-state index is 0.0365. The highest BCUT2D eigenvalue weighted by molar-refractivity contribution is 8.01. The van der Waals surface area contributed by atoms with Crippen molar-refractivity contribution in [3.8, 4) is 5.75 Å². The Labute approximate surface area is 128 Å². The lowest BCUT2D eigenvalue weighted by atomic mass is 10.1. The first kappa shape index (κ1) is 17.8. The van der Waals surface area contributed by atoms with E-state index in [2.05, 4.69) is 30.8 Å². The fourth-order valence-electron chi connectivity index (χ4n) is 1.59. The maximum absolute atomic E-state index is 12.1. The van der Waals surface area contributed by atoms with Crippen LogP contribution in [0.3, 0.4) is 0 Å². The molecular weight excluding hydrogens is 296 g/mol. The van der Waals surface area contributed by atoms with Gasteiger partial charge in [0.25, 0.3) is 0 Å². The molecule has 0 aliphatic heterocycles. The summed E-state index contributed by atoms with van der Waals surface area (Å²) in [6, 6.07) is 6.08. The summed E-state index contributed by atoms with van der Waals surface area (Å²) >= 11 is 1.57. The van der Waals surface area contributed by atoms with Crippen molar-refractivity contribution in [3.05, 3.63) is 29.8 Å². The van der Waals surface area contributed by atoms with E-state index in [1.807, 2.05) is 6.92 Å². The molecule has 0 spiro atoms. The smallest absolute Gasteiger partial charge is 0.387 e. The number of hydrogen-bond donors (Lipinski definition) is 1. The van der Waals surface area contributed by atoms with Crippen molar-refractivity contribution in [1.29, 1.82) is 0 Å². The molecule has 0 bridgehead atoms. The molecular formula is C15H21F2NO2S. The summed E-state index contributed by atoms with van der Waals surface area (Å²) < 4.78 is 28.4. The summed E-state index contributed by atoms with van der Waals surface area (Å²) in [7, 11) is 0. The molecule has 1 atom stereocenters. The number of thioether (sulfide) groups is 1. The number of benzene rings is 1. The first-order valence-electron chi connectivity index (χ1n) is 6.65. The number of amides is 1. The molecule has 1 unspecified atom stereocenters. The standard InChI is InChI=1S/C15H21F2NO2S/c1-10(18-13(19)9-21-15(2,3)4)11-5-7-12(8-6-11)20-14(16)17/h5-8,10,14H,9H2,1-4H3,(H,18,19). The summed E-state index contributed by atoms with van der Waals surface area (Å²) in [6.07, 6.45) is 0. The maximum Gasteiger partial charge on any atom is 0.387 e. The predicted octanol–water partition coefficient (Wildman–Crippen LogP) is 4.00. The van der Waals surface area contributed by atoms with E-state index >= 15 is 0 Å². The third-order valence-electron chi connectivity index (χ3n) is 2.62. The van der Waals surface area contributed by atoms with Crippen molar-refractivity contribution in [2.24, 2.45) is 0 Å². The summed E-state index contributed by atoms with van der Waals surface area (Å²) in [5.41, 5.74) is 0.839. The predicted molar refractivity (Wildman–Crippen MR) is 81.8 cm³/mol. The number of hydrogen-bond acceptors (Lipinski definition) is 3. The van der Waals surface area contributed by atoms with Crippen LogP contribution in [0, 0.1) is 0 Å². The van der Waals surface area contributed by atoms with Crippen LogP contribution in [0.25, 0.3) is 0 Å². The topological polar surface area (TPSA) is 38.3 Å². The van der Waals surface area contributed by atoms with Gasteiger partial charge in [0, 0.05) is 4.75 Å². The van der Waals surface area contributed by atoms with Gasteiger partial charge in [0.1, 0.15) is 5.75 Å². The van der Waals surface area contributed by atoms with Gasteiger partial charge in [0.05, 0.1) is 11.8 Å². The quantitative estimate of drug-likeness (QED) is 0.862. The zero-order chi connectivity index (χ0) is 16.0. The maximum atomic E-state index is 12.1. The number of rotatable bonds is 6. The Morgan fingerprint density at radius 3 is 2.33 bits per heavy atom. The molecule has 1 rings (SSSR count). The minimum Gasteiger partial charge on any atom is -0.435 e. The van der Waals surface area contributed by atoms with E-state index < -0.39 is 6.61 Å². The van der Waals surface area contributed by atoms with Crippen molar-refractivity contribution in [1.82, 2.24) is 5.32 Å². The lowest BCUT2D eigenvalue weighted by molar-refractivity contribution is -0.119. The second-order valence-electron chi connectivity index (χ2n) is 5.64. The Morgan fingerprint density at radius 1 is 1.29 bits per heavy atom. The Kier molecular flexibility index (Phi) is 6.45. The SMILES string of the molecule is CC(NC(=O)CSC(C)(C)C)c1ccc(OC(F)F)cc1. The van der Waals surface area contributed by atoms with Gasteiger partial charge in [-0.1, -0.05) is 32.9 Å². The summed E-state index contributed by atoms with van der Waals surface area (Å²) in [5, 5.41) is 2.88. The van der Waals surface area contributed by atoms with Gasteiger partial charge in [-0.3, -0.25) is 4.79 Å². The number of nitrogens with one attached hydrogen (secondary N) is 1. The fraction of sp³-hybridized carbons (Fsp3) is 0.533. The number of carbonyl (C=O) groups is 1. The van der Waals surface area contributed by atoms with Crippen molar-refractivity contribution in [2.75, 3.05) is 5.75 Å². The van der Waals surface area contributed by atoms with Gasteiger partial charge >= 0.3 is 6.61 Å². The van der Waals surface area contributed by atoms with Crippen LogP contribution in [0.4, 0.5) is 8.78 Å². The Balaban J connectivity index is 2.51. The van der Waals surface area contributed by atoms with Gasteiger partial charge in [-0.2, -0.15) is 8.78 Å². The highest BCUT2D eigenvalue weighted by Crippen LogP contribution is 2.23. The molecule has 0 radical (unpaired) electrons. The Hall–Kier alpha value is -1.30. The zero-order valence-corrected chi connectivity index (χ0v) is 13.5. The van der Waals surface area contributed by atoms with Crippen LogP contribution in [0.5, 0.6) is 5.75 Å². The van der Waals surface area contributed by atoms with Crippen molar-refractivity contribution < 1.29 is 18.3 Å². The van der Waals surface area contributed by atoms with E-state index in [1.54, 1.807) is 23.9 Å². The first-order valence-corrected chi connectivity index (χ1v) is 7.64. The molecule has 0 heterocycles. The van der Waals surface area contributed by atoms with E-state index in [-0.39, 0.29) is 22.4 Å². The molecule has 21 heavy (non-hydrogen) atoms. The van der Waals surface area contributed by atoms with E-state index in [4.69, 9.17) is 0 Å². The van der Waals surface area contributed by atoms with E-state index in [1.165, 1.54) is 12.1 Å². The molecule has 0 saturated carbocycles. The average Bonchev–Trinajstić information content (AvgIpc) is 2.35. The molecule has 1 N–H and O–H groups in total. The number of ether oxygens (including phenoxy) is 1. The van der Waals surface area contributed by atoms with Crippen LogP contribution in [0.1, 0.15) is 39.3 Å². The number of alkyl halides is 2. The summed E-state index contributed by atoms with van der Waals surface area (Å²) in [4.78, 5) is 11.8. The van der Waals surface area contributed by atoms with Crippen LogP contribution < -0.4 is 10.1 Å². The monoisotopic (exact) mass is 317 g/mol. The van der Waals surface area contributed by atoms with E-state index in [0.717, 1.165) is 5.56 Å². The molecule has 0 fully saturated rings. The number of carbonyl (C=O) groups excluding carboxylic acids is 1. The van der Waals surface area contributed by atoms with Gasteiger partial charge in [-0.05, 0) is 24.6 Å². The Bertz CT molecular complexity index is 458. The average molecular weight is 317 g/mol. The fourth-order valence-corrected chi connectivity index (χ4v) is 2.23. The van der Waals surface area contributed by atoms with E-state index in [9.17, 15) is 13.6 Å². The zero-order valence-electron chi connectivity index (χ0n) is 12.7. The van der Waals surface area contributed by atoms with Gasteiger partial charge in [-0.25, -0.2) is 0 Å².